The van der Waals surface area contributed by atoms with Crippen molar-refractivity contribution in [2.24, 2.45) is 0 Å². The molecule has 3 N–H and O–H groups in total. The maximum Gasteiger partial charge on any atom is 0.407 e. The molecule has 0 saturated heterocycles. The lowest BCUT2D eigenvalue weighted by molar-refractivity contribution is 0.0158. The van der Waals surface area contributed by atoms with E-state index in [2.05, 4.69) is 10.3 Å². The van der Waals surface area contributed by atoms with Gasteiger partial charge in [-0.15, -0.1) is 0 Å². The Labute approximate surface area is 136 Å². The molecule has 0 spiro atoms. The van der Waals surface area contributed by atoms with Gasteiger partial charge >= 0.3 is 6.09 Å². The molecule has 2 aromatic rings. The van der Waals surface area contributed by atoms with Crippen LogP contribution in [0.1, 0.15) is 17.2 Å². The van der Waals surface area contributed by atoms with Crippen LogP contribution in [0.2, 0.25) is 0 Å². The number of hydrogen-bond acceptors (Lipinski definition) is 5. The maximum atomic E-state index is 13.4. The zero-order valence-corrected chi connectivity index (χ0v) is 12.5. The lowest BCUT2D eigenvalue weighted by Gasteiger charge is -2.18. The molecule has 1 aromatic heterocycles. The van der Waals surface area contributed by atoms with Gasteiger partial charge in [0, 0.05) is 12.1 Å². The van der Waals surface area contributed by atoms with E-state index in [0.717, 1.165) is 17.7 Å². The van der Waals surface area contributed by atoms with E-state index >= 15 is 0 Å². The van der Waals surface area contributed by atoms with E-state index in [9.17, 15) is 23.8 Å². The van der Waals surface area contributed by atoms with E-state index in [1.807, 2.05) is 6.07 Å². The fourth-order valence-electron chi connectivity index (χ4n) is 1.92. The predicted octanol–water partition coefficient (Wildman–Crippen LogP) is 1.68. The van der Waals surface area contributed by atoms with Gasteiger partial charge in [-0.05, 0) is 17.7 Å². The molecule has 1 amide bonds. The summed E-state index contributed by atoms with van der Waals surface area (Å²) in [4.78, 5) is 14.4. The highest BCUT2D eigenvalue weighted by molar-refractivity contribution is 5.67. The molecular weight excluding hydrogens is 322 g/mol. The number of aliphatic hydroxyl groups is 2. The fraction of sp³-hybridized carbons (Fsp3) is 0.250. The van der Waals surface area contributed by atoms with E-state index in [1.54, 1.807) is 24.3 Å². The van der Waals surface area contributed by atoms with Crippen LogP contribution in [0.15, 0.2) is 42.5 Å². The highest BCUT2D eigenvalue weighted by atomic mass is 19.1. The van der Waals surface area contributed by atoms with E-state index in [4.69, 9.17) is 4.74 Å². The number of pyridine rings is 1. The van der Waals surface area contributed by atoms with Crippen molar-refractivity contribution in [3.05, 3.63) is 65.5 Å². The fourth-order valence-corrected chi connectivity index (χ4v) is 1.92. The Bertz CT molecular complexity index is 685. The maximum absolute atomic E-state index is 13.4. The summed E-state index contributed by atoms with van der Waals surface area (Å²) in [5.41, 5.74) is 0.413. The van der Waals surface area contributed by atoms with Crippen molar-refractivity contribution in [1.82, 2.24) is 10.3 Å². The van der Waals surface area contributed by atoms with E-state index in [0.29, 0.717) is 0 Å². The van der Waals surface area contributed by atoms with Gasteiger partial charge in [0.25, 0.3) is 0 Å². The largest absolute Gasteiger partial charge is 0.445 e. The highest BCUT2D eigenvalue weighted by Gasteiger charge is 2.23. The van der Waals surface area contributed by atoms with Crippen LogP contribution in [0, 0.1) is 11.9 Å². The number of amides is 1. The van der Waals surface area contributed by atoms with Crippen molar-refractivity contribution in [1.29, 1.82) is 0 Å². The highest BCUT2D eigenvalue weighted by Crippen LogP contribution is 2.19. The van der Waals surface area contributed by atoms with E-state index in [1.165, 1.54) is 0 Å². The molecule has 8 heteroatoms. The minimum absolute atomic E-state index is 0.0435. The van der Waals surface area contributed by atoms with Crippen LogP contribution in [0.5, 0.6) is 0 Å². The Morgan fingerprint density at radius 1 is 1.17 bits per heavy atom. The third-order valence-electron chi connectivity index (χ3n) is 3.19. The Morgan fingerprint density at radius 2 is 1.88 bits per heavy atom. The van der Waals surface area contributed by atoms with E-state index in [-0.39, 0.29) is 18.7 Å². The molecule has 2 unspecified atom stereocenters. The van der Waals surface area contributed by atoms with Gasteiger partial charge in [0.05, 0.1) is 0 Å². The Kier molecular flexibility index (Phi) is 6.16. The number of hydrogen-bond donors (Lipinski definition) is 3. The molecule has 0 aliphatic rings. The number of aliphatic hydroxyl groups excluding tert-OH is 2. The lowest BCUT2D eigenvalue weighted by Crippen LogP contribution is -2.36. The monoisotopic (exact) mass is 338 g/mol. The quantitative estimate of drug-likeness (QED) is 0.697. The normalized spacial score (nSPS) is 13.2. The molecule has 0 aliphatic heterocycles. The number of nitrogens with one attached hydrogen (secondary N) is 1. The van der Waals surface area contributed by atoms with Gasteiger partial charge in [0.2, 0.25) is 11.9 Å². The molecule has 128 valence electrons. The molecule has 0 bridgehead atoms. The van der Waals surface area contributed by atoms with Crippen LogP contribution in [0.25, 0.3) is 0 Å². The van der Waals surface area contributed by atoms with Crippen LogP contribution >= 0.6 is 0 Å². The Morgan fingerprint density at radius 3 is 2.54 bits per heavy atom. The van der Waals surface area contributed by atoms with Crippen molar-refractivity contribution in [3.8, 4) is 0 Å². The molecule has 0 fully saturated rings. The number of alkyl carbamates (subject to hydrolysis) is 1. The van der Waals surface area contributed by atoms with Crippen molar-refractivity contribution < 1.29 is 28.5 Å². The van der Waals surface area contributed by atoms with Crippen molar-refractivity contribution >= 4 is 6.09 Å². The van der Waals surface area contributed by atoms with Crippen molar-refractivity contribution in [2.75, 3.05) is 6.54 Å². The minimum Gasteiger partial charge on any atom is -0.445 e. The number of aromatic nitrogens is 1. The van der Waals surface area contributed by atoms with Gasteiger partial charge in [-0.25, -0.2) is 4.79 Å². The second-order valence-corrected chi connectivity index (χ2v) is 4.97. The summed E-state index contributed by atoms with van der Waals surface area (Å²) in [5, 5.41) is 21.9. The number of carbonyl (C=O) groups excluding carboxylic acids is 1. The first-order chi connectivity index (χ1) is 11.5. The molecule has 6 nitrogen and oxygen atoms in total. The lowest BCUT2D eigenvalue weighted by atomic mass is 10.1. The zero-order chi connectivity index (χ0) is 17.5. The van der Waals surface area contributed by atoms with Crippen molar-refractivity contribution in [2.45, 2.75) is 18.8 Å². The van der Waals surface area contributed by atoms with Crippen LogP contribution in [-0.4, -0.2) is 33.9 Å². The third kappa shape index (κ3) is 4.97. The summed E-state index contributed by atoms with van der Waals surface area (Å²) in [7, 11) is 0. The van der Waals surface area contributed by atoms with Gasteiger partial charge in [0.1, 0.15) is 18.8 Å². The standard InChI is InChI=1S/C16H16F2N2O4/c17-13-7-6-11(15(18)20-13)14(22)12(21)8-19-16(23)24-9-10-4-2-1-3-5-10/h1-7,12,14,21-22H,8-9H2,(H,19,23). The van der Waals surface area contributed by atoms with Gasteiger partial charge < -0.3 is 20.3 Å². The third-order valence-corrected chi connectivity index (χ3v) is 3.19. The average molecular weight is 338 g/mol. The predicted molar refractivity (Wildman–Crippen MR) is 79.7 cm³/mol. The zero-order valence-electron chi connectivity index (χ0n) is 12.5. The molecule has 2 atom stereocenters. The molecule has 0 aliphatic carbocycles. The van der Waals surface area contributed by atoms with Gasteiger partial charge in [-0.3, -0.25) is 0 Å². The first-order valence-electron chi connectivity index (χ1n) is 7.10. The molecule has 1 aromatic carbocycles. The molecule has 1 heterocycles. The summed E-state index contributed by atoms with van der Waals surface area (Å²) >= 11 is 0. The number of benzene rings is 1. The summed E-state index contributed by atoms with van der Waals surface area (Å²) in [5.74, 6) is -2.27. The summed E-state index contributed by atoms with van der Waals surface area (Å²) in [6.07, 6.45) is -3.99. The number of ether oxygens (including phenoxy) is 1. The topological polar surface area (TPSA) is 91.7 Å². The number of nitrogens with zero attached hydrogens (tertiary/aromatic N) is 1. The first kappa shape index (κ1) is 17.8. The number of halogens is 2. The molecule has 0 saturated carbocycles. The minimum atomic E-state index is -1.67. The smallest absolute Gasteiger partial charge is 0.407 e. The van der Waals surface area contributed by atoms with Crippen LogP contribution in [0.3, 0.4) is 0 Å². The molecular formula is C16H16F2N2O4. The number of rotatable bonds is 6. The average Bonchev–Trinajstić information content (AvgIpc) is 2.58. The number of carbonyl (C=O) groups is 1. The summed E-state index contributed by atoms with van der Waals surface area (Å²) < 4.78 is 31.1. The van der Waals surface area contributed by atoms with Gasteiger partial charge in [0.15, 0.2) is 0 Å². The van der Waals surface area contributed by atoms with Gasteiger partial charge in [-0.2, -0.15) is 13.8 Å². The Hall–Kier alpha value is -2.58. The van der Waals surface area contributed by atoms with Crippen LogP contribution in [0.4, 0.5) is 13.6 Å². The van der Waals surface area contributed by atoms with E-state index < -0.39 is 30.2 Å². The molecule has 24 heavy (non-hydrogen) atoms. The van der Waals surface area contributed by atoms with Crippen LogP contribution in [-0.2, 0) is 11.3 Å². The SMILES string of the molecule is O=C(NCC(O)C(O)c1ccc(F)nc1F)OCc1ccccc1. The first-order valence-corrected chi connectivity index (χ1v) is 7.10. The molecule has 2 rings (SSSR count). The van der Waals surface area contributed by atoms with Gasteiger partial charge in [-0.1, -0.05) is 30.3 Å². The van der Waals surface area contributed by atoms with Crippen molar-refractivity contribution in [3.63, 3.8) is 0 Å². The van der Waals surface area contributed by atoms with Crippen LogP contribution < -0.4 is 5.32 Å². The molecule has 0 radical (unpaired) electrons. The summed E-state index contributed by atoms with van der Waals surface area (Å²) in [6.45, 7) is -0.340. The summed E-state index contributed by atoms with van der Waals surface area (Å²) in [6, 6.07) is 10.8. The Balaban J connectivity index is 1.81. The second kappa shape index (κ2) is 8.32. The second-order valence-electron chi connectivity index (χ2n) is 4.97.